The van der Waals surface area contributed by atoms with Crippen LogP contribution in [0.5, 0.6) is 0 Å². The van der Waals surface area contributed by atoms with Crippen LogP contribution in [0.3, 0.4) is 0 Å². The summed E-state index contributed by atoms with van der Waals surface area (Å²) >= 11 is 0. The summed E-state index contributed by atoms with van der Waals surface area (Å²) in [5, 5.41) is 9.00. The molecule has 0 rings (SSSR count). The number of aliphatic hydroxyl groups is 1. The molecule has 0 fully saturated rings. The summed E-state index contributed by atoms with van der Waals surface area (Å²) in [7, 11) is 0. The normalized spacial score (nSPS) is 11.8. The van der Waals surface area contributed by atoms with Crippen molar-refractivity contribution in [2.24, 2.45) is 0 Å². The van der Waals surface area contributed by atoms with E-state index in [2.05, 4.69) is 13.8 Å². The zero-order valence-electron chi connectivity index (χ0n) is 11.0. The van der Waals surface area contributed by atoms with Crippen molar-refractivity contribution in [3.8, 4) is 0 Å². The summed E-state index contributed by atoms with van der Waals surface area (Å²) in [5.41, 5.74) is 0. The standard InChI is InChI=1S/C14H28O2/c1-3-5-7-9-11-14(13-15)16-12-10-8-6-4-2/h13,15H,3-12H2,1-2H3/b14-13-. The molecule has 0 unspecified atom stereocenters. The van der Waals surface area contributed by atoms with E-state index in [0.29, 0.717) is 0 Å². The van der Waals surface area contributed by atoms with Crippen molar-refractivity contribution in [1.82, 2.24) is 0 Å². The van der Waals surface area contributed by atoms with Crippen molar-refractivity contribution in [3.05, 3.63) is 12.0 Å². The summed E-state index contributed by atoms with van der Waals surface area (Å²) in [5.74, 6) is 0.757. The highest BCUT2D eigenvalue weighted by atomic mass is 16.5. The lowest BCUT2D eigenvalue weighted by molar-refractivity contribution is 0.182. The molecule has 0 amide bonds. The SMILES string of the molecule is CCCCCCO/C(=C\O)CCCCCC. The molecule has 0 spiro atoms. The van der Waals surface area contributed by atoms with Crippen LogP contribution in [0, 0.1) is 0 Å². The Hall–Kier alpha value is -0.660. The fourth-order valence-corrected chi connectivity index (χ4v) is 1.63. The Kier molecular flexibility index (Phi) is 11.9. The fourth-order valence-electron chi connectivity index (χ4n) is 1.63. The Labute approximate surface area is 101 Å². The molecular formula is C14H28O2. The van der Waals surface area contributed by atoms with Gasteiger partial charge in [-0.15, -0.1) is 0 Å². The van der Waals surface area contributed by atoms with E-state index in [1.165, 1.54) is 38.5 Å². The molecule has 0 heterocycles. The maximum Gasteiger partial charge on any atom is 0.130 e. The first kappa shape index (κ1) is 15.3. The van der Waals surface area contributed by atoms with Crippen molar-refractivity contribution in [2.45, 2.75) is 71.6 Å². The van der Waals surface area contributed by atoms with E-state index < -0.39 is 0 Å². The lowest BCUT2D eigenvalue weighted by Crippen LogP contribution is -1.96. The van der Waals surface area contributed by atoms with Gasteiger partial charge in [-0.2, -0.15) is 0 Å². The maximum absolute atomic E-state index is 9.00. The van der Waals surface area contributed by atoms with Gasteiger partial charge in [0.2, 0.25) is 0 Å². The number of ether oxygens (including phenoxy) is 1. The Balaban J connectivity index is 3.38. The van der Waals surface area contributed by atoms with Crippen LogP contribution in [0.4, 0.5) is 0 Å². The molecule has 16 heavy (non-hydrogen) atoms. The second-order valence-corrected chi connectivity index (χ2v) is 4.32. The lowest BCUT2D eigenvalue weighted by atomic mass is 10.1. The quantitative estimate of drug-likeness (QED) is 0.400. The van der Waals surface area contributed by atoms with Gasteiger partial charge in [0.05, 0.1) is 6.61 Å². The minimum Gasteiger partial charge on any atom is -0.512 e. The third-order valence-corrected chi connectivity index (χ3v) is 2.71. The highest BCUT2D eigenvalue weighted by Crippen LogP contribution is 2.12. The van der Waals surface area contributed by atoms with Crippen LogP contribution in [-0.4, -0.2) is 11.7 Å². The Bertz CT molecular complexity index is 164. The number of rotatable bonds is 11. The Morgan fingerprint density at radius 2 is 1.56 bits per heavy atom. The monoisotopic (exact) mass is 228 g/mol. The smallest absolute Gasteiger partial charge is 0.130 e. The summed E-state index contributed by atoms with van der Waals surface area (Å²) in [6, 6.07) is 0. The summed E-state index contributed by atoms with van der Waals surface area (Å²) in [6.45, 7) is 5.15. The molecule has 0 aliphatic rings. The van der Waals surface area contributed by atoms with Crippen LogP contribution >= 0.6 is 0 Å². The van der Waals surface area contributed by atoms with E-state index in [0.717, 1.165) is 37.9 Å². The van der Waals surface area contributed by atoms with Gasteiger partial charge in [-0.3, -0.25) is 0 Å². The van der Waals surface area contributed by atoms with E-state index in [-0.39, 0.29) is 0 Å². The third kappa shape index (κ3) is 9.88. The minimum absolute atomic E-state index is 0.750. The molecule has 0 aliphatic heterocycles. The molecule has 2 nitrogen and oxygen atoms in total. The van der Waals surface area contributed by atoms with Crippen molar-refractivity contribution >= 4 is 0 Å². The van der Waals surface area contributed by atoms with Crippen molar-refractivity contribution < 1.29 is 9.84 Å². The highest BCUT2D eigenvalue weighted by molar-refractivity contribution is 4.86. The van der Waals surface area contributed by atoms with Crippen molar-refractivity contribution in [1.29, 1.82) is 0 Å². The van der Waals surface area contributed by atoms with Crippen LogP contribution in [-0.2, 0) is 4.74 Å². The zero-order chi connectivity index (χ0) is 12.1. The van der Waals surface area contributed by atoms with Gasteiger partial charge < -0.3 is 9.84 Å². The molecule has 0 aromatic carbocycles. The molecule has 0 saturated carbocycles. The van der Waals surface area contributed by atoms with Crippen LogP contribution in [0.1, 0.15) is 71.6 Å². The van der Waals surface area contributed by atoms with Crippen molar-refractivity contribution in [3.63, 3.8) is 0 Å². The molecule has 96 valence electrons. The van der Waals surface area contributed by atoms with E-state index in [1.807, 2.05) is 0 Å². The second kappa shape index (κ2) is 12.4. The molecule has 0 saturated heterocycles. The Morgan fingerprint density at radius 3 is 2.12 bits per heavy atom. The van der Waals surface area contributed by atoms with Gasteiger partial charge >= 0.3 is 0 Å². The number of hydrogen-bond acceptors (Lipinski definition) is 2. The van der Waals surface area contributed by atoms with Gasteiger partial charge in [-0.05, 0) is 12.8 Å². The van der Waals surface area contributed by atoms with Crippen molar-refractivity contribution in [2.75, 3.05) is 6.61 Å². The minimum atomic E-state index is 0.750. The summed E-state index contributed by atoms with van der Waals surface area (Å²) < 4.78 is 5.53. The molecular weight excluding hydrogens is 200 g/mol. The number of unbranched alkanes of at least 4 members (excludes halogenated alkanes) is 6. The molecule has 0 bridgehead atoms. The molecule has 0 aliphatic carbocycles. The van der Waals surface area contributed by atoms with Crippen LogP contribution in [0.15, 0.2) is 12.0 Å². The van der Waals surface area contributed by atoms with Crippen LogP contribution in [0.2, 0.25) is 0 Å². The highest BCUT2D eigenvalue weighted by Gasteiger charge is 1.99. The van der Waals surface area contributed by atoms with Crippen LogP contribution < -0.4 is 0 Å². The molecule has 0 aromatic heterocycles. The Morgan fingerprint density at radius 1 is 0.938 bits per heavy atom. The zero-order valence-corrected chi connectivity index (χ0v) is 11.0. The van der Waals surface area contributed by atoms with Gasteiger partial charge in [-0.1, -0.05) is 52.4 Å². The third-order valence-electron chi connectivity index (χ3n) is 2.71. The predicted octanol–water partition coefficient (Wildman–Crippen LogP) is 4.95. The van der Waals surface area contributed by atoms with Gasteiger partial charge in [0.25, 0.3) is 0 Å². The summed E-state index contributed by atoms with van der Waals surface area (Å²) in [4.78, 5) is 0. The fraction of sp³-hybridized carbons (Fsp3) is 0.857. The average Bonchev–Trinajstić information content (AvgIpc) is 2.31. The first-order valence-corrected chi connectivity index (χ1v) is 6.81. The van der Waals surface area contributed by atoms with E-state index in [4.69, 9.17) is 9.84 Å². The van der Waals surface area contributed by atoms with E-state index in [9.17, 15) is 0 Å². The number of allylic oxidation sites excluding steroid dienone is 1. The largest absolute Gasteiger partial charge is 0.512 e. The summed E-state index contributed by atoms with van der Waals surface area (Å²) in [6.07, 6.45) is 11.7. The number of aliphatic hydroxyl groups excluding tert-OH is 1. The second-order valence-electron chi connectivity index (χ2n) is 4.32. The molecule has 2 heteroatoms. The van der Waals surface area contributed by atoms with Gasteiger partial charge in [-0.25, -0.2) is 0 Å². The first-order chi connectivity index (χ1) is 7.85. The molecule has 0 radical (unpaired) electrons. The molecule has 0 atom stereocenters. The number of hydrogen-bond donors (Lipinski definition) is 1. The first-order valence-electron chi connectivity index (χ1n) is 6.81. The molecule has 0 aromatic rings. The maximum atomic E-state index is 9.00. The van der Waals surface area contributed by atoms with Gasteiger partial charge in [0.15, 0.2) is 0 Å². The van der Waals surface area contributed by atoms with E-state index >= 15 is 0 Å². The van der Waals surface area contributed by atoms with E-state index in [1.54, 1.807) is 0 Å². The topological polar surface area (TPSA) is 29.5 Å². The lowest BCUT2D eigenvalue weighted by Gasteiger charge is -2.09. The van der Waals surface area contributed by atoms with Crippen LogP contribution in [0.25, 0.3) is 0 Å². The average molecular weight is 228 g/mol. The van der Waals surface area contributed by atoms with Gasteiger partial charge in [0, 0.05) is 6.42 Å². The predicted molar refractivity (Wildman–Crippen MR) is 69.6 cm³/mol. The molecule has 1 N–H and O–H groups in total. The van der Waals surface area contributed by atoms with Gasteiger partial charge in [0.1, 0.15) is 12.0 Å².